The van der Waals surface area contributed by atoms with E-state index in [-0.39, 0.29) is 35.2 Å². The molecular formula is C23H25N5O4. The molecule has 9 nitrogen and oxygen atoms in total. The van der Waals surface area contributed by atoms with E-state index >= 15 is 0 Å². The summed E-state index contributed by atoms with van der Waals surface area (Å²) >= 11 is 0. The predicted octanol–water partition coefficient (Wildman–Crippen LogP) is 1.91. The van der Waals surface area contributed by atoms with Gasteiger partial charge in [0, 0.05) is 42.6 Å². The number of hydrogen-bond donors (Lipinski definition) is 1. The van der Waals surface area contributed by atoms with Gasteiger partial charge in [0.1, 0.15) is 5.69 Å². The van der Waals surface area contributed by atoms with Crippen LogP contribution >= 0.6 is 0 Å². The molecule has 9 heteroatoms. The van der Waals surface area contributed by atoms with Crippen molar-refractivity contribution < 1.29 is 19.2 Å². The molecule has 0 bridgehead atoms. The highest BCUT2D eigenvalue weighted by Gasteiger charge is 2.42. The molecule has 1 saturated heterocycles. The highest BCUT2D eigenvalue weighted by molar-refractivity contribution is 6.22. The van der Waals surface area contributed by atoms with Crippen molar-refractivity contribution in [2.45, 2.75) is 45.2 Å². The molecule has 0 radical (unpaired) electrons. The maximum absolute atomic E-state index is 12.8. The summed E-state index contributed by atoms with van der Waals surface area (Å²) in [5, 5.41) is 2.98. The van der Waals surface area contributed by atoms with Crippen LogP contribution in [0.4, 0.5) is 0 Å². The summed E-state index contributed by atoms with van der Waals surface area (Å²) in [4.78, 5) is 61.5. The van der Waals surface area contributed by atoms with Crippen molar-refractivity contribution in [2.24, 2.45) is 0 Å². The van der Waals surface area contributed by atoms with Gasteiger partial charge in [0.15, 0.2) is 0 Å². The number of likely N-dealkylation sites (tertiary alicyclic amines) is 1. The zero-order valence-electron chi connectivity index (χ0n) is 18.3. The van der Waals surface area contributed by atoms with Gasteiger partial charge in [-0.2, -0.15) is 0 Å². The number of amides is 4. The van der Waals surface area contributed by atoms with Crippen LogP contribution in [0, 0.1) is 0 Å². The number of hydrogen-bond acceptors (Lipinski definition) is 6. The third-order valence-electron chi connectivity index (χ3n) is 5.72. The summed E-state index contributed by atoms with van der Waals surface area (Å²) in [5.74, 6) is -1.21. The minimum Gasteiger partial charge on any atom is -0.349 e. The van der Waals surface area contributed by atoms with Crippen LogP contribution in [-0.2, 0) is 0 Å². The van der Waals surface area contributed by atoms with Crippen LogP contribution in [0.1, 0.15) is 75.2 Å². The highest BCUT2D eigenvalue weighted by atomic mass is 16.2. The van der Waals surface area contributed by atoms with Crippen molar-refractivity contribution in [3.8, 4) is 0 Å². The molecule has 0 unspecified atom stereocenters. The Morgan fingerprint density at radius 2 is 1.72 bits per heavy atom. The van der Waals surface area contributed by atoms with Crippen LogP contribution in [0.5, 0.6) is 0 Å². The lowest BCUT2D eigenvalue weighted by molar-refractivity contribution is 0.0507. The average Bonchev–Trinajstić information content (AvgIpc) is 3.04. The topological polar surface area (TPSA) is 113 Å². The van der Waals surface area contributed by atoms with E-state index in [1.54, 1.807) is 37.8 Å². The molecule has 0 spiro atoms. The average molecular weight is 435 g/mol. The lowest BCUT2D eigenvalue weighted by Gasteiger charge is -2.32. The van der Waals surface area contributed by atoms with Crippen LogP contribution in [0.25, 0.3) is 0 Å². The molecule has 2 aromatic rings. The van der Waals surface area contributed by atoms with Crippen molar-refractivity contribution in [3.05, 3.63) is 59.2 Å². The van der Waals surface area contributed by atoms with E-state index in [0.717, 1.165) is 0 Å². The molecule has 4 amide bonds. The van der Waals surface area contributed by atoms with Gasteiger partial charge in [0.05, 0.1) is 17.3 Å². The number of carbonyl (C=O) groups is 4. The monoisotopic (exact) mass is 435 g/mol. The summed E-state index contributed by atoms with van der Waals surface area (Å²) in [6.07, 6.45) is 5.66. The van der Waals surface area contributed by atoms with Crippen molar-refractivity contribution in [3.63, 3.8) is 0 Å². The minimum atomic E-state index is -0.646. The number of imide groups is 1. The van der Waals surface area contributed by atoms with E-state index in [4.69, 9.17) is 0 Å². The lowest BCUT2D eigenvalue weighted by atomic mass is 10.0. The first-order valence-corrected chi connectivity index (χ1v) is 10.6. The molecule has 32 heavy (non-hydrogen) atoms. The standard InChI is InChI=1S/C23H25N5O4/c1-23(2,3)28-20(30)16-5-4-14(12-17(16)21(28)31)19(29)26-15-6-10-27(11-7-15)22(32)18-13-24-8-9-25-18/h4-5,8-9,12-13,15H,6-7,10-11H2,1-3H3,(H,26,29). The Kier molecular flexibility index (Phi) is 5.50. The van der Waals surface area contributed by atoms with E-state index in [1.165, 1.54) is 29.6 Å². The second-order valence-electron chi connectivity index (χ2n) is 9.01. The minimum absolute atomic E-state index is 0.0925. The Balaban J connectivity index is 1.39. The van der Waals surface area contributed by atoms with Crippen LogP contribution in [0.15, 0.2) is 36.8 Å². The number of piperidine rings is 1. The zero-order chi connectivity index (χ0) is 23.0. The predicted molar refractivity (Wildman–Crippen MR) is 115 cm³/mol. The summed E-state index contributed by atoms with van der Waals surface area (Å²) in [6, 6.07) is 4.50. The Morgan fingerprint density at radius 1 is 1.03 bits per heavy atom. The number of nitrogens with one attached hydrogen (secondary N) is 1. The molecule has 1 N–H and O–H groups in total. The molecule has 0 atom stereocenters. The maximum Gasteiger partial charge on any atom is 0.274 e. The summed E-state index contributed by atoms with van der Waals surface area (Å²) in [5.41, 5.74) is 0.557. The second-order valence-corrected chi connectivity index (χ2v) is 9.01. The third-order valence-corrected chi connectivity index (χ3v) is 5.72. The normalized spacial score (nSPS) is 16.8. The first kappa shape index (κ1) is 21.6. The van der Waals surface area contributed by atoms with E-state index in [1.807, 2.05) is 0 Å². The van der Waals surface area contributed by atoms with Crippen molar-refractivity contribution in [1.82, 2.24) is 25.1 Å². The SMILES string of the molecule is CC(C)(C)N1C(=O)c2ccc(C(=O)NC3CCN(C(=O)c4cnccn4)CC3)cc2C1=O. The Hall–Kier alpha value is -3.62. The van der Waals surface area contributed by atoms with Crippen LogP contribution in [0.3, 0.4) is 0 Å². The van der Waals surface area contributed by atoms with Gasteiger partial charge in [-0.15, -0.1) is 0 Å². The van der Waals surface area contributed by atoms with Crippen molar-refractivity contribution in [1.29, 1.82) is 0 Å². The lowest BCUT2D eigenvalue weighted by Crippen LogP contribution is -2.46. The molecule has 2 aliphatic rings. The molecule has 4 rings (SSSR count). The third kappa shape index (κ3) is 3.98. The smallest absolute Gasteiger partial charge is 0.274 e. The number of nitrogens with zero attached hydrogens (tertiary/aromatic N) is 4. The Labute approximate surface area is 185 Å². The summed E-state index contributed by atoms with van der Waals surface area (Å²) < 4.78 is 0. The number of aromatic nitrogens is 2. The van der Waals surface area contributed by atoms with Gasteiger partial charge in [-0.05, 0) is 51.8 Å². The quantitative estimate of drug-likeness (QED) is 0.737. The Morgan fingerprint density at radius 3 is 2.34 bits per heavy atom. The number of carbonyl (C=O) groups excluding carboxylic acids is 4. The first-order chi connectivity index (χ1) is 15.2. The number of fused-ring (bicyclic) bond motifs is 1. The largest absolute Gasteiger partial charge is 0.349 e. The van der Waals surface area contributed by atoms with Crippen LogP contribution in [0.2, 0.25) is 0 Å². The molecule has 166 valence electrons. The molecule has 3 heterocycles. The van der Waals surface area contributed by atoms with Gasteiger partial charge < -0.3 is 10.2 Å². The summed E-state index contributed by atoms with van der Waals surface area (Å²) in [6.45, 7) is 6.38. The van der Waals surface area contributed by atoms with Gasteiger partial charge in [0.25, 0.3) is 23.6 Å². The van der Waals surface area contributed by atoms with E-state index in [9.17, 15) is 19.2 Å². The van der Waals surface area contributed by atoms with Gasteiger partial charge in [-0.25, -0.2) is 4.98 Å². The highest BCUT2D eigenvalue weighted by Crippen LogP contribution is 2.30. The van der Waals surface area contributed by atoms with Crippen LogP contribution < -0.4 is 5.32 Å². The first-order valence-electron chi connectivity index (χ1n) is 10.6. The Bertz CT molecular complexity index is 1090. The fraction of sp³-hybridized carbons (Fsp3) is 0.391. The summed E-state index contributed by atoms with van der Waals surface area (Å²) in [7, 11) is 0. The van der Waals surface area contributed by atoms with Gasteiger partial charge in [0.2, 0.25) is 0 Å². The van der Waals surface area contributed by atoms with Crippen molar-refractivity contribution in [2.75, 3.05) is 13.1 Å². The molecule has 0 aliphatic carbocycles. The molecule has 0 saturated carbocycles. The molecule has 1 aromatic carbocycles. The fourth-order valence-electron chi connectivity index (χ4n) is 4.06. The zero-order valence-corrected chi connectivity index (χ0v) is 18.3. The molecule has 1 aromatic heterocycles. The van der Waals surface area contributed by atoms with Gasteiger partial charge in [-0.1, -0.05) is 0 Å². The van der Waals surface area contributed by atoms with Crippen LogP contribution in [-0.4, -0.2) is 68.1 Å². The van der Waals surface area contributed by atoms with E-state index < -0.39 is 5.54 Å². The van der Waals surface area contributed by atoms with Gasteiger partial charge in [-0.3, -0.25) is 29.1 Å². The molecular weight excluding hydrogens is 410 g/mol. The van der Waals surface area contributed by atoms with E-state index in [0.29, 0.717) is 42.8 Å². The fourth-order valence-corrected chi connectivity index (χ4v) is 4.06. The number of benzene rings is 1. The maximum atomic E-state index is 12.8. The van der Waals surface area contributed by atoms with Crippen molar-refractivity contribution >= 4 is 23.6 Å². The molecule has 1 fully saturated rings. The molecule has 2 aliphatic heterocycles. The number of rotatable bonds is 3. The second kappa shape index (κ2) is 8.14. The van der Waals surface area contributed by atoms with Gasteiger partial charge >= 0.3 is 0 Å². The van der Waals surface area contributed by atoms with E-state index in [2.05, 4.69) is 15.3 Å².